The van der Waals surface area contributed by atoms with Crippen LogP contribution in [0.2, 0.25) is 0 Å². The van der Waals surface area contributed by atoms with E-state index >= 15 is 4.39 Å². The molecule has 0 spiro atoms. The Hall–Kier alpha value is -4.02. The molecule has 1 fully saturated rings. The van der Waals surface area contributed by atoms with Crippen LogP contribution in [0.4, 0.5) is 23.2 Å². The number of hydrogen-bond donors (Lipinski definition) is 0. The highest BCUT2D eigenvalue weighted by Gasteiger charge is 2.37. The van der Waals surface area contributed by atoms with Crippen molar-refractivity contribution in [1.82, 2.24) is 9.97 Å². The van der Waals surface area contributed by atoms with E-state index in [-0.39, 0.29) is 35.1 Å². The number of rotatable bonds is 8. The maximum Gasteiger partial charge on any atom is 0.421 e. The molecule has 0 bridgehead atoms. The Morgan fingerprint density at radius 1 is 1.07 bits per heavy atom. The van der Waals surface area contributed by atoms with Crippen molar-refractivity contribution in [3.8, 4) is 11.6 Å². The number of pyridine rings is 2. The summed E-state index contributed by atoms with van der Waals surface area (Å²) in [5.41, 5.74) is -0.541. The molecule has 1 saturated carbocycles. The number of carbonyl (C=O) groups excluding carboxylic acids is 2. The minimum atomic E-state index is -4.87. The highest BCUT2D eigenvalue weighted by Crippen LogP contribution is 2.40. The van der Waals surface area contributed by atoms with Crippen LogP contribution in [0, 0.1) is 11.7 Å². The summed E-state index contributed by atoms with van der Waals surface area (Å²) in [6.07, 6.45) is 3.73. The van der Waals surface area contributed by atoms with Gasteiger partial charge < -0.3 is 14.4 Å². The number of anilines is 1. The second-order valence-electron chi connectivity index (χ2n) is 10.3. The number of amides is 1. The van der Waals surface area contributed by atoms with Crippen LogP contribution in [0.5, 0.6) is 11.6 Å². The van der Waals surface area contributed by atoms with Crippen molar-refractivity contribution < 1.29 is 36.6 Å². The number of alkyl halides is 3. The third-order valence-corrected chi connectivity index (χ3v) is 6.97. The van der Waals surface area contributed by atoms with Gasteiger partial charge in [-0.05, 0) is 49.9 Å². The smallest absolute Gasteiger partial charge is 0.421 e. The predicted octanol–water partition coefficient (Wildman–Crippen LogP) is 7.13. The van der Waals surface area contributed by atoms with Gasteiger partial charge in [0, 0.05) is 49.1 Å². The number of hydrogen-bond acceptors (Lipinski definition) is 6. The molecule has 0 unspecified atom stereocenters. The SMILES string of the molecule is COC(=O)c1cc(Oc2ncc(Cc3cccnc3)cc2C(F)(F)F)c(F)cc1N(C(=O)C1CCCCC1)C(C)C. The van der Waals surface area contributed by atoms with E-state index in [4.69, 9.17) is 9.47 Å². The predicted molar refractivity (Wildman–Crippen MR) is 143 cm³/mol. The number of halogens is 4. The number of methoxy groups -OCH3 is 1. The summed E-state index contributed by atoms with van der Waals surface area (Å²) in [5, 5.41) is 0. The lowest BCUT2D eigenvalue weighted by Crippen LogP contribution is -2.42. The first-order valence-corrected chi connectivity index (χ1v) is 13.4. The quantitative estimate of drug-likeness (QED) is 0.211. The van der Waals surface area contributed by atoms with Crippen LogP contribution in [0.3, 0.4) is 0 Å². The van der Waals surface area contributed by atoms with Gasteiger partial charge in [-0.25, -0.2) is 14.2 Å². The largest absolute Gasteiger partial charge is 0.465 e. The van der Waals surface area contributed by atoms with Crippen LogP contribution in [-0.4, -0.2) is 35.0 Å². The molecule has 7 nitrogen and oxygen atoms in total. The van der Waals surface area contributed by atoms with E-state index in [1.54, 1.807) is 32.2 Å². The number of benzene rings is 1. The van der Waals surface area contributed by atoms with Gasteiger partial charge in [-0.3, -0.25) is 9.78 Å². The van der Waals surface area contributed by atoms with E-state index in [1.165, 1.54) is 17.3 Å². The maximum atomic E-state index is 15.5. The molecule has 4 rings (SSSR count). The second-order valence-corrected chi connectivity index (χ2v) is 10.3. The van der Waals surface area contributed by atoms with Crippen LogP contribution < -0.4 is 9.64 Å². The van der Waals surface area contributed by atoms with Crippen molar-refractivity contribution in [2.75, 3.05) is 12.0 Å². The van der Waals surface area contributed by atoms with E-state index < -0.39 is 41.2 Å². The molecule has 3 aromatic rings. The van der Waals surface area contributed by atoms with Gasteiger partial charge in [-0.15, -0.1) is 0 Å². The standard InChI is InChI=1S/C30H31F4N3O4/c1-18(2)37(28(38)21-9-5-4-6-10-21)25-15-24(31)26(14-22(25)29(39)40-3)41-27-23(30(32,33)34)13-20(17-36-27)12-19-8-7-11-35-16-19/h7-8,11,13-18,21H,4-6,9-10,12H2,1-3H3. The molecule has 218 valence electrons. The lowest BCUT2D eigenvalue weighted by atomic mass is 9.87. The first-order chi connectivity index (χ1) is 19.5. The van der Waals surface area contributed by atoms with Crippen molar-refractivity contribution in [1.29, 1.82) is 0 Å². The third kappa shape index (κ3) is 7.01. The van der Waals surface area contributed by atoms with Gasteiger partial charge in [0.15, 0.2) is 11.6 Å². The highest BCUT2D eigenvalue weighted by atomic mass is 19.4. The lowest BCUT2D eigenvalue weighted by Gasteiger charge is -2.33. The van der Waals surface area contributed by atoms with E-state index in [9.17, 15) is 22.8 Å². The van der Waals surface area contributed by atoms with E-state index in [1.807, 2.05) is 0 Å². The fourth-order valence-corrected chi connectivity index (χ4v) is 5.01. The number of esters is 1. The average Bonchev–Trinajstić information content (AvgIpc) is 2.95. The molecule has 41 heavy (non-hydrogen) atoms. The van der Waals surface area contributed by atoms with Gasteiger partial charge in [-0.1, -0.05) is 25.3 Å². The summed E-state index contributed by atoms with van der Waals surface area (Å²) >= 11 is 0. The minimum absolute atomic E-state index is 0.0388. The van der Waals surface area contributed by atoms with Crippen LogP contribution in [0.15, 0.2) is 48.9 Å². The lowest BCUT2D eigenvalue weighted by molar-refractivity contribution is -0.139. The number of carbonyl (C=O) groups is 2. The normalized spacial score (nSPS) is 14.1. The molecule has 2 heterocycles. The van der Waals surface area contributed by atoms with Gasteiger partial charge in [0.2, 0.25) is 11.8 Å². The van der Waals surface area contributed by atoms with Gasteiger partial charge in [0.05, 0.1) is 18.4 Å². The van der Waals surface area contributed by atoms with Gasteiger partial charge in [-0.2, -0.15) is 13.2 Å². The second kappa shape index (κ2) is 12.7. The Balaban J connectivity index is 1.73. The molecular formula is C30H31F4N3O4. The fourth-order valence-electron chi connectivity index (χ4n) is 5.01. The van der Waals surface area contributed by atoms with Crippen LogP contribution in [0.1, 0.15) is 73.0 Å². The molecule has 1 aliphatic carbocycles. The molecule has 0 aliphatic heterocycles. The van der Waals surface area contributed by atoms with Crippen molar-refractivity contribution in [2.24, 2.45) is 5.92 Å². The molecule has 1 aliphatic rings. The molecule has 2 aromatic heterocycles. The average molecular weight is 574 g/mol. The van der Waals surface area contributed by atoms with Crippen molar-refractivity contribution in [3.63, 3.8) is 0 Å². The zero-order chi connectivity index (χ0) is 29.7. The van der Waals surface area contributed by atoms with Gasteiger partial charge in [0.25, 0.3) is 0 Å². The summed E-state index contributed by atoms with van der Waals surface area (Å²) in [5.74, 6) is -4.04. The van der Waals surface area contributed by atoms with Crippen molar-refractivity contribution in [2.45, 2.75) is 64.6 Å². The zero-order valence-corrected chi connectivity index (χ0v) is 23.0. The highest BCUT2D eigenvalue weighted by molar-refractivity contribution is 6.04. The number of aromatic nitrogens is 2. The first-order valence-electron chi connectivity index (χ1n) is 13.4. The van der Waals surface area contributed by atoms with E-state index in [2.05, 4.69) is 9.97 Å². The van der Waals surface area contributed by atoms with Crippen LogP contribution in [0.25, 0.3) is 0 Å². The van der Waals surface area contributed by atoms with Gasteiger partial charge in [0.1, 0.15) is 5.56 Å². The molecule has 1 amide bonds. The summed E-state index contributed by atoms with van der Waals surface area (Å²) < 4.78 is 67.7. The minimum Gasteiger partial charge on any atom is -0.465 e. The summed E-state index contributed by atoms with van der Waals surface area (Å²) in [7, 11) is 1.11. The van der Waals surface area contributed by atoms with Crippen LogP contribution >= 0.6 is 0 Å². The Morgan fingerprint density at radius 2 is 1.80 bits per heavy atom. The van der Waals surface area contributed by atoms with Gasteiger partial charge >= 0.3 is 12.1 Å². The molecule has 11 heteroatoms. The van der Waals surface area contributed by atoms with E-state index in [0.717, 1.165) is 44.6 Å². The molecule has 0 radical (unpaired) electrons. The number of nitrogens with zero attached hydrogens (tertiary/aromatic N) is 3. The third-order valence-electron chi connectivity index (χ3n) is 6.97. The first kappa shape index (κ1) is 30.0. The molecule has 0 saturated heterocycles. The summed E-state index contributed by atoms with van der Waals surface area (Å²) in [6, 6.07) is 5.70. The Morgan fingerprint density at radius 3 is 2.41 bits per heavy atom. The maximum absolute atomic E-state index is 15.5. The van der Waals surface area contributed by atoms with Crippen molar-refractivity contribution in [3.05, 3.63) is 77.0 Å². The Labute approximate surface area is 235 Å². The Bertz CT molecular complexity index is 1390. The molecule has 0 atom stereocenters. The molecule has 1 aromatic carbocycles. The molecule has 0 N–H and O–H groups in total. The van der Waals surface area contributed by atoms with Crippen LogP contribution in [-0.2, 0) is 22.1 Å². The molecular weight excluding hydrogens is 542 g/mol. The van der Waals surface area contributed by atoms with E-state index in [0.29, 0.717) is 18.4 Å². The fraction of sp³-hybridized carbons (Fsp3) is 0.400. The summed E-state index contributed by atoms with van der Waals surface area (Å²) in [4.78, 5) is 35.4. The van der Waals surface area contributed by atoms with Crippen molar-refractivity contribution >= 4 is 17.6 Å². The number of ether oxygens (including phenoxy) is 2. The monoisotopic (exact) mass is 573 g/mol. The zero-order valence-electron chi connectivity index (χ0n) is 23.0. The topological polar surface area (TPSA) is 81.6 Å². The summed E-state index contributed by atoms with van der Waals surface area (Å²) in [6.45, 7) is 3.47. The Kier molecular flexibility index (Phi) is 9.25.